The molecule has 2 N–H and O–H groups in total. The van der Waals surface area contributed by atoms with Gasteiger partial charge < -0.3 is 15.2 Å². The lowest BCUT2D eigenvalue weighted by atomic mass is 10.1. The Kier molecular flexibility index (Phi) is 5.09. The molecule has 0 radical (unpaired) electrons. The van der Waals surface area contributed by atoms with Gasteiger partial charge in [-0.1, -0.05) is 17.7 Å². The van der Waals surface area contributed by atoms with Crippen LogP contribution in [0.2, 0.25) is 0 Å². The first kappa shape index (κ1) is 19.2. The number of likely N-dealkylation sites (tertiary alicyclic amines) is 1. The second-order valence-corrected chi connectivity index (χ2v) is 7.80. The van der Waals surface area contributed by atoms with Gasteiger partial charge in [-0.05, 0) is 55.7 Å². The van der Waals surface area contributed by atoms with Gasteiger partial charge >= 0.3 is 0 Å². The summed E-state index contributed by atoms with van der Waals surface area (Å²) in [5.74, 6) is -0.777. The molecule has 1 aliphatic heterocycles. The zero-order valence-corrected chi connectivity index (χ0v) is 16.6. The summed E-state index contributed by atoms with van der Waals surface area (Å²) < 4.78 is 13.5. The minimum atomic E-state index is -0.358. The molecule has 0 aliphatic carbocycles. The molecule has 2 aromatic carbocycles. The second kappa shape index (κ2) is 7.70. The van der Waals surface area contributed by atoms with Crippen molar-refractivity contribution in [3.05, 3.63) is 65.1 Å². The molecular formula is C23H24FN3O2. The van der Waals surface area contributed by atoms with Crippen molar-refractivity contribution in [3.63, 3.8) is 0 Å². The number of carbonyl (C=O) groups excluding carboxylic acids is 2. The molecule has 150 valence electrons. The largest absolute Gasteiger partial charge is 0.361 e. The molecule has 1 fully saturated rings. The number of rotatable bonds is 5. The van der Waals surface area contributed by atoms with Gasteiger partial charge in [-0.3, -0.25) is 9.59 Å². The Morgan fingerprint density at radius 3 is 2.86 bits per heavy atom. The van der Waals surface area contributed by atoms with E-state index in [1.54, 1.807) is 11.0 Å². The predicted molar refractivity (Wildman–Crippen MR) is 111 cm³/mol. The number of fused-ring (bicyclic) bond motifs is 1. The molecule has 0 spiro atoms. The molecule has 3 aromatic rings. The molecule has 2 heterocycles. The molecule has 2 amide bonds. The standard InChI is InChI=1S/C23H24FN3O2/c1-14-3-5-20(15(2)9-14)26-23(29)17-10-22(28)27(13-17)8-7-16-12-25-21-6-4-18(24)11-19(16)21/h3-6,9,11-12,17,25H,7-8,10,13H2,1-2H3,(H,26,29)/t17-/m1/s1. The van der Waals surface area contributed by atoms with Crippen molar-refractivity contribution >= 4 is 28.4 Å². The molecule has 5 nitrogen and oxygen atoms in total. The van der Waals surface area contributed by atoms with E-state index in [0.29, 0.717) is 19.5 Å². The van der Waals surface area contributed by atoms with Gasteiger partial charge in [-0.2, -0.15) is 0 Å². The number of halogens is 1. The topological polar surface area (TPSA) is 65.2 Å². The monoisotopic (exact) mass is 393 g/mol. The first-order chi connectivity index (χ1) is 13.9. The van der Waals surface area contributed by atoms with Crippen molar-refractivity contribution in [1.29, 1.82) is 0 Å². The highest BCUT2D eigenvalue weighted by Gasteiger charge is 2.34. The highest BCUT2D eigenvalue weighted by atomic mass is 19.1. The maximum absolute atomic E-state index is 13.5. The minimum Gasteiger partial charge on any atom is -0.361 e. The Morgan fingerprint density at radius 1 is 1.24 bits per heavy atom. The summed E-state index contributed by atoms with van der Waals surface area (Å²) in [6.07, 6.45) is 2.69. The summed E-state index contributed by atoms with van der Waals surface area (Å²) in [5, 5.41) is 3.79. The van der Waals surface area contributed by atoms with E-state index in [9.17, 15) is 14.0 Å². The van der Waals surface area contributed by atoms with Gasteiger partial charge in [0.25, 0.3) is 0 Å². The Morgan fingerprint density at radius 2 is 2.07 bits per heavy atom. The van der Waals surface area contributed by atoms with Crippen LogP contribution in [0, 0.1) is 25.6 Å². The fourth-order valence-electron chi connectivity index (χ4n) is 3.97. The van der Waals surface area contributed by atoms with Gasteiger partial charge in [0, 0.05) is 42.3 Å². The van der Waals surface area contributed by atoms with Gasteiger partial charge in [-0.25, -0.2) is 4.39 Å². The molecule has 29 heavy (non-hydrogen) atoms. The third-order valence-electron chi connectivity index (χ3n) is 5.61. The van der Waals surface area contributed by atoms with Crippen LogP contribution < -0.4 is 5.32 Å². The lowest BCUT2D eigenvalue weighted by Gasteiger charge is -2.17. The number of aromatic nitrogens is 1. The van der Waals surface area contributed by atoms with Crippen LogP contribution in [0.1, 0.15) is 23.1 Å². The zero-order chi connectivity index (χ0) is 20.5. The van der Waals surface area contributed by atoms with E-state index in [4.69, 9.17) is 0 Å². The normalized spacial score (nSPS) is 16.6. The summed E-state index contributed by atoms with van der Waals surface area (Å²) >= 11 is 0. The van der Waals surface area contributed by atoms with Gasteiger partial charge in [0.2, 0.25) is 11.8 Å². The lowest BCUT2D eigenvalue weighted by molar-refractivity contribution is -0.128. The molecule has 6 heteroatoms. The zero-order valence-electron chi connectivity index (χ0n) is 16.6. The minimum absolute atomic E-state index is 0.0169. The molecule has 1 aliphatic rings. The lowest BCUT2D eigenvalue weighted by Crippen LogP contribution is -2.30. The van der Waals surface area contributed by atoms with Crippen LogP contribution in [-0.4, -0.2) is 34.8 Å². The molecule has 1 atom stereocenters. The molecule has 1 saturated heterocycles. The summed E-state index contributed by atoms with van der Waals surface area (Å²) in [6.45, 7) is 4.88. The van der Waals surface area contributed by atoms with Gasteiger partial charge in [0.15, 0.2) is 0 Å². The average Bonchev–Trinajstić information content (AvgIpc) is 3.25. The number of hydrogen-bond acceptors (Lipinski definition) is 2. The van der Waals surface area contributed by atoms with Crippen molar-refractivity contribution in [3.8, 4) is 0 Å². The van der Waals surface area contributed by atoms with E-state index in [-0.39, 0.29) is 30.0 Å². The maximum atomic E-state index is 13.5. The third kappa shape index (κ3) is 4.01. The first-order valence-corrected chi connectivity index (χ1v) is 9.82. The van der Waals surface area contributed by atoms with Crippen molar-refractivity contribution in [2.24, 2.45) is 5.92 Å². The summed E-state index contributed by atoms with van der Waals surface area (Å²) in [7, 11) is 0. The summed E-state index contributed by atoms with van der Waals surface area (Å²) in [6, 6.07) is 10.5. The van der Waals surface area contributed by atoms with Crippen LogP contribution in [0.5, 0.6) is 0 Å². The number of H-pyrrole nitrogens is 1. The Balaban J connectivity index is 1.38. The summed E-state index contributed by atoms with van der Waals surface area (Å²) in [4.78, 5) is 29.9. The molecular weight excluding hydrogens is 369 g/mol. The van der Waals surface area contributed by atoms with Gasteiger partial charge in [0.1, 0.15) is 5.82 Å². The van der Waals surface area contributed by atoms with E-state index in [2.05, 4.69) is 10.3 Å². The number of aryl methyl sites for hydroxylation is 2. The number of benzene rings is 2. The van der Waals surface area contributed by atoms with Crippen LogP contribution in [0.3, 0.4) is 0 Å². The van der Waals surface area contributed by atoms with E-state index in [1.807, 2.05) is 38.2 Å². The van der Waals surface area contributed by atoms with Crippen molar-refractivity contribution < 1.29 is 14.0 Å². The molecule has 4 rings (SSSR count). The van der Waals surface area contributed by atoms with Crippen molar-refractivity contribution in [2.75, 3.05) is 18.4 Å². The molecule has 0 saturated carbocycles. The molecule has 0 unspecified atom stereocenters. The van der Waals surface area contributed by atoms with Crippen LogP contribution in [0.4, 0.5) is 10.1 Å². The smallest absolute Gasteiger partial charge is 0.229 e. The van der Waals surface area contributed by atoms with Gasteiger partial charge in [-0.15, -0.1) is 0 Å². The van der Waals surface area contributed by atoms with Crippen LogP contribution in [0.25, 0.3) is 10.9 Å². The highest BCUT2D eigenvalue weighted by molar-refractivity contribution is 5.97. The van der Waals surface area contributed by atoms with E-state index >= 15 is 0 Å². The van der Waals surface area contributed by atoms with Crippen molar-refractivity contribution in [2.45, 2.75) is 26.7 Å². The van der Waals surface area contributed by atoms with Crippen LogP contribution >= 0.6 is 0 Å². The van der Waals surface area contributed by atoms with Crippen molar-refractivity contribution in [1.82, 2.24) is 9.88 Å². The number of carbonyl (C=O) groups is 2. The van der Waals surface area contributed by atoms with Gasteiger partial charge in [0.05, 0.1) is 5.92 Å². The molecule has 1 aromatic heterocycles. The van der Waals surface area contributed by atoms with Crippen LogP contribution in [-0.2, 0) is 16.0 Å². The number of hydrogen-bond donors (Lipinski definition) is 2. The number of nitrogens with one attached hydrogen (secondary N) is 2. The number of amides is 2. The predicted octanol–water partition coefficient (Wildman–Crippen LogP) is 3.95. The Hall–Kier alpha value is -3.15. The van der Waals surface area contributed by atoms with Crippen LogP contribution in [0.15, 0.2) is 42.6 Å². The summed E-state index contributed by atoms with van der Waals surface area (Å²) in [5.41, 5.74) is 4.77. The molecule has 0 bridgehead atoms. The van der Waals surface area contributed by atoms with E-state index in [0.717, 1.165) is 33.3 Å². The highest BCUT2D eigenvalue weighted by Crippen LogP contribution is 2.24. The number of anilines is 1. The second-order valence-electron chi connectivity index (χ2n) is 7.80. The SMILES string of the molecule is Cc1ccc(NC(=O)[C@@H]2CC(=O)N(CCc3c[nH]c4ccc(F)cc34)C2)c(C)c1. The first-order valence-electron chi connectivity index (χ1n) is 9.82. The third-order valence-corrected chi connectivity index (χ3v) is 5.61. The maximum Gasteiger partial charge on any atom is 0.229 e. The Labute approximate surface area is 168 Å². The van der Waals surface area contributed by atoms with E-state index in [1.165, 1.54) is 12.1 Å². The Bertz CT molecular complexity index is 1090. The number of aromatic amines is 1. The number of nitrogens with zero attached hydrogens (tertiary/aromatic N) is 1. The van der Waals surface area contributed by atoms with E-state index < -0.39 is 0 Å². The fraction of sp³-hybridized carbons (Fsp3) is 0.304. The average molecular weight is 393 g/mol. The quantitative estimate of drug-likeness (QED) is 0.689. The fourth-order valence-corrected chi connectivity index (χ4v) is 3.97.